The molecule has 2 rings (SSSR count). The zero-order valence-corrected chi connectivity index (χ0v) is 15.6. The van der Waals surface area contributed by atoms with E-state index >= 15 is 0 Å². The van der Waals surface area contributed by atoms with Crippen LogP contribution >= 0.6 is 11.3 Å². The van der Waals surface area contributed by atoms with Crippen molar-refractivity contribution in [3.8, 4) is 0 Å². The van der Waals surface area contributed by atoms with Crippen LogP contribution in [0.4, 0.5) is 0 Å². The van der Waals surface area contributed by atoms with Gasteiger partial charge in [0.25, 0.3) is 0 Å². The summed E-state index contributed by atoms with van der Waals surface area (Å²) in [6, 6.07) is 0. The van der Waals surface area contributed by atoms with Gasteiger partial charge in [0.1, 0.15) is 0 Å². The van der Waals surface area contributed by atoms with E-state index in [0.717, 1.165) is 70.1 Å². The number of nitrogens with one attached hydrogen (secondary N) is 2. The van der Waals surface area contributed by atoms with Crippen molar-refractivity contribution in [2.45, 2.75) is 46.0 Å². The lowest BCUT2D eigenvalue weighted by Gasteiger charge is -2.15. The maximum atomic E-state index is 11.6. The van der Waals surface area contributed by atoms with Crippen molar-refractivity contribution >= 4 is 23.2 Å². The fraction of sp³-hybridized carbons (Fsp3) is 0.706. The van der Waals surface area contributed by atoms with Crippen LogP contribution in [0.25, 0.3) is 0 Å². The molecule has 1 aromatic rings. The summed E-state index contributed by atoms with van der Waals surface area (Å²) in [5.74, 6) is 1.15. The number of aliphatic imine (C=N–C) groups is 1. The first kappa shape index (κ1) is 18.7. The number of aryl methyl sites for hydroxylation is 2. The van der Waals surface area contributed by atoms with Crippen LogP contribution in [-0.4, -0.2) is 54.5 Å². The molecule has 0 spiro atoms. The Kier molecular flexibility index (Phi) is 8.01. The number of carbonyl (C=O) groups excluding carboxylic acids is 1. The Hall–Kier alpha value is -1.63. The molecule has 1 amide bonds. The predicted octanol–water partition coefficient (Wildman–Crippen LogP) is 1.95. The quantitative estimate of drug-likeness (QED) is 0.405. The summed E-state index contributed by atoms with van der Waals surface area (Å²) in [4.78, 5) is 22.6. The lowest BCUT2D eigenvalue weighted by molar-refractivity contribution is -0.127. The Bertz CT molecular complexity index is 543. The smallest absolute Gasteiger partial charge is 0.222 e. The number of rotatable bonds is 9. The number of thiazole rings is 1. The first-order chi connectivity index (χ1) is 11.7. The summed E-state index contributed by atoms with van der Waals surface area (Å²) in [6.07, 6.45) is 4.68. The molecule has 134 valence electrons. The second-order valence-corrected chi connectivity index (χ2v) is 6.95. The molecular formula is C17H29N5OS. The minimum atomic E-state index is 0.293. The Morgan fingerprint density at radius 1 is 1.42 bits per heavy atom. The van der Waals surface area contributed by atoms with Gasteiger partial charge in [-0.25, -0.2) is 4.98 Å². The van der Waals surface area contributed by atoms with E-state index in [1.807, 2.05) is 11.8 Å². The lowest BCUT2D eigenvalue weighted by atomic mass is 10.3. The number of nitrogens with zero attached hydrogens (tertiary/aromatic N) is 3. The molecule has 2 heterocycles. The van der Waals surface area contributed by atoms with Crippen LogP contribution in [0.5, 0.6) is 0 Å². The Morgan fingerprint density at radius 2 is 2.29 bits per heavy atom. The van der Waals surface area contributed by atoms with Crippen molar-refractivity contribution in [2.75, 3.05) is 32.7 Å². The number of likely N-dealkylation sites (tertiary alicyclic amines) is 1. The molecule has 1 aromatic heterocycles. The number of hydrogen-bond donors (Lipinski definition) is 2. The van der Waals surface area contributed by atoms with E-state index < -0.39 is 0 Å². The van der Waals surface area contributed by atoms with Crippen molar-refractivity contribution in [3.05, 3.63) is 16.1 Å². The summed E-state index contributed by atoms with van der Waals surface area (Å²) in [6.45, 7) is 8.31. The standard InChI is InChI=1S/C17H29N5OS/c1-3-18-17(19-9-4-7-15-21-14(2)13-24-15)20-10-6-12-22-11-5-8-16(22)23/h13H,3-12H2,1-2H3,(H2,18,19,20). The van der Waals surface area contributed by atoms with E-state index in [9.17, 15) is 4.79 Å². The largest absolute Gasteiger partial charge is 0.357 e. The van der Waals surface area contributed by atoms with Crippen LogP contribution in [0.15, 0.2) is 10.4 Å². The lowest BCUT2D eigenvalue weighted by Crippen LogP contribution is -2.38. The zero-order chi connectivity index (χ0) is 17.2. The molecule has 0 unspecified atom stereocenters. The molecule has 0 saturated carbocycles. The number of guanidine groups is 1. The van der Waals surface area contributed by atoms with Gasteiger partial charge in [0, 0.05) is 56.6 Å². The molecule has 6 nitrogen and oxygen atoms in total. The Morgan fingerprint density at radius 3 is 2.96 bits per heavy atom. The maximum absolute atomic E-state index is 11.6. The van der Waals surface area contributed by atoms with Crippen molar-refractivity contribution in [3.63, 3.8) is 0 Å². The van der Waals surface area contributed by atoms with Gasteiger partial charge in [0.2, 0.25) is 5.91 Å². The topological polar surface area (TPSA) is 69.6 Å². The minimum absolute atomic E-state index is 0.293. The highest BCUT2D eigenvalue weighted by atomic mass is 32.1. The molecule has 24 heavy (non-hydrogen) atoms. The summed E-state index contributed by atoms with van der Waals surface area (Å²) >= 11 is 1.73. The van der Waals surface area contributed by atoms with E-state index in [1.165, 1.54) is 5.01 Å². The zero-order valence-electron chi connectivity index (χ0n) is 14.8. The van der Waals surface area contributed by atoms with Gasteiger partial charge >= 0.3 is 0 Å². The van der Waals surface area contributed by atoms with Gasteiger partial charge in [0.05, 0.1) is 5.01 Å². The second kappa shape index (κ2) is 10.3. The van der Waals surface area contributed by atoms with Gasteiger partial charge in [-0.2, -0.15) is 0 Å². The third-order valence-corrected chi connectivity index (χ3v) is 4.92. The molecule has 7 heteroatoms. The van der Waals surface area contributed by atoms with Crippen LogP contribution in [0.1, 0.15) is 43.3 Å². The molecule has 0 atom stereocenters. The average molecular weight is 352 g/mol. The molecule has 1 fully saturated rings. The van der Waals surface area contributed by atoms with E-state index in [-0.39, 0.29) is 0 Å². The SMILES string of the molecule is CCNC(=NCCCN1CCCC1=O)NCCCc1nc(C)cs1. The summed E-state index contributed by atoms with van der Waals surface area (Å²) in [5.41, 5.74) is 1.11. The second-order valence-electron chi connectivity index (χ2n) is 6.01. The number of aromatic nitrogens is 1. The van der Waals surface area contributed by atoms with Crippen LogP contribution in [0, 0.1) is 6.92 Å². The molecule has 0 aromatic carbocycles. The van der Waals surface area contributed by atoms with Gasteiger partial charge in [-0.3, -0.25) is 9.79 Å². The summed E-state index contributed by atoms with van der Waals surface area (Å²) in [5, 5.41) is 9.94. The van der Waals surface area contributed by atoms with E-state index in [1.54, 1.807) is 11.3 Å². The van der Waals surface area contributed by atoms with Gasteiger partial charge in [-0.05, 0) is 33.1 Å². The van der Waals surface area contributed by atoms with E-state index in [0.29, 0.717) is 12.3 Å². The number of amides is 1. The Balaban J connectivity index is 1.63. The molecule has 0 radical (unpaired) electrons. The Labute approximate surface area is 148 Å². The number of hydrogen-bond acceptors (Lipinski definition) is 4. The third-order valence-electron chi connectivity index (χ3n) is 3.90. The molecule has 1 aliphatic rings. The summed E-state index contributed by atoms with van der Waals surface area (Å²) in [7, 11) is 0. The highest BCUT2D eigenvalue weighted by Crippen LogP contribution is 2.10. The van der Waals surface area contributed by atoms with Crippen molar-refractivity contribution in [1.82, 2.24) is 20.5 Å². The van der Waals surface area contributed by atoms with Gasteiger partial charge < -0.3 is 15.5 Å². The van der Waals surface area contributed by atoms with Crippen molar-refractivity contribution in [1.29, 1.82) is 0 Å². The first-order valence-electron chi connectivity index (χ1n) is 8.90. The van der Waals surface area contributed by atoms with E-state index in [2.05, 4.69) is 32.9 Å². The normalized spacial score (nSPS) is 15.2. The van der Waals surface area contributed by atoms with Crippen LogP contribution in [0.2, 0.25) is 0 Å². The van der Waals surface area contributed by atoms with Gasteiger partial charge in [-0.1, -0.05) is 0 Å². The molecular weight excluding hydrogens is 322 g/mol. The third kappa shape index (κ3) is 6.47. The van der Waals surface area contributed by atoms with Gasteiger partial charge in [0.15, 0.2) is 5.96 Å². The molecule has 2 N–H and O–H groups in total. The molecule has 1 saturated heterocycles. The average Bonchev–Trinajstić information content (AvgIpc) is 3.16. The highest BCUT2D eigenvalue weighted by molar-refractivity contribution is 7.09. The maximum Gasteiger partial charge on any atom is 0.222 e. The first-order valence-corrected chi connectivity index (χ1v) is 9.78. The molecule has 0 aliphatic carbocycles. The van der Waals surface area contributed by atoms with Crippen LogP contribution in [-0.2, 0) is 11.2 Å². The summed E-state index contributed by atoms with van der Waals surface area (Å²) < 4.78 is 0. The minimum Gasteiger partial charge on any atom is -0.357 e. The molecule has 0 bridgehead atoms. The van der Waals surface area contributed by atoms with E-state index in [4.69, 9.17) is 0 Å². The fourth-order valence-electron chi connectivity index (χ4n) is 2.70. The van der Waals surface area contributed by atoms with Crippen molar-refractivity contribution in [2.24, 2.45) is 4.99 Å². The van der Waals surface area contributed by atoms with Gasteiger partial charge in [-0.15, -0.1) is 11.3 Å². The predicted molar refractivity (Wildman–Crippen MR) is 99.6 cm³/mol. The highest BCUT2D eigenvalue weighted by Gasteiger charge is 2.18. The van der Waals surface area contributed by atoms with Crippen LogP contribution in [0.3, 0.4) is 0 Å². The van der Waals surface area contributed by atoms with Crippen molar-refractivity contribution < 1.29 is 4.79 Å². The monoisotopic (exact) mass is 351 g/mol. The van der Waals surface area contributed by atoms with Crippen LogP contribution < -0.4 is 10.6 Å². The molecule has 1 aliphatic heterocycles. The fourth-order valence-corrected chi connectivity index (χ4v) is 3.52. The number of carbonyl (C=O) groups is 1.